The van der Waals surface area contributed by atoms with Crippen LogP contribution in [0.15, 0.2) is 47.5 Å². The number of hydrogen-bond acceptors (Lipinski definition) is 12. The molecule has 4 unspecified atom stereocenters. The molecule has 1 aromatic carbocycles. The number of likely N-dealkylation sites (N-methyl/N-ethyl adjacent to an activating group) is 1. The minimum Gasteiger partial charge on any atom is -0.508 e. The third kappa shape index (κ3) is 5.06. The number of aromatic nitrogens is 4. The number of aliphatic hydroxyl groups is 3. The quantitative estimate of drug-likeness (QED) is 0.159. The Labute approximate surface area is 270 Å². The smallest absolute Gasteiger partial charge is 0.255 e. The number of nitrogens with zero attached hydrogens (tertiary/aromatic N) is 5. The van der Waals surface area contributed by atoms with Gasteiger partial charge in [0.15, 0.2) is 11.4 Å². The second-order valence-corrected chi connectivity index (χ2v) is 12.9. The number of primary amides is 1. The molecule has 1 amide bonds. The second kappa shape index (κ2) is 11.7. The fraction of sp³-hybridized carbons (Fsp3) is 0.406. The van der Waals surface area contributed by atoms with E-state index in [4.69, 9.17) is 5.73 Å². The average molecular weight is 647 g/mol. The molecule has 3 aromatic rings. The number of aliphatic hydroxyl groups excluding tert-OH is 2. The third-order valence-corrected chi connectivity index (χ3v) is 9.56. The van der Waals surface area contributed by atoms with Gasteiger partial charge in [-0.25, -0.2) is 0 Å². The van der Waals surface area contributed by atoms with Crippen LogP contribution < -0.4 is 10.6 Å². The number of benzene rings is 1. The minimum atomic E-state index is -2.70. The summed E-state index contributed by atoms with van der Waals surface area (Å²) in [7, 11) is 6.80. The van der Waals surface area contributed by atoms with E-state index in [-0.39, 0.29) is 36.3 Å². The molecular formula is C32H38N8O7. The van der Waals surface area contributed by atoms with Crippen molar-refractivity contribution in [3.05, 3.63) is 75.6 Å². The summed E-state index contributed by atoms with van der Waals surface area (Å²) in [6.07, 6.45) is 3.50. The van der Waals surface area contributed by atoms with Gasteiger partial charge in [0.25, 0.3) is 5.91 Å². The zero-order valence-electron chi connectivity index (χ0n) is 26.5. The predicted molar refractivity (Wildman–Crippen MR) is 169 cm³/mol. The number of Topliss-reactive ketones (excluding diaryl/α,β-unsaturated/α-hetero) is 2. The molecule has 2 heterocycles. The van der Waals surface area contributed by atoms with Crippen LogP contribution in [0.2, 0.25) is 0 Å². The first kappa shape index (κ1) is 32.0. The van der Waals surface area contributed by atoms with Gasteiger partial charge in [-0.2, -0.15) is 10.2 Å². The number of carbonyl (C=O) groups excluding carboxylic acids is 3. The lowest BCUT2D eigenvalue weighted by molar-refractivity contribution is -0.153. The van der Waals surface area contributed by atoms with Gasteiger partial charge < -0.3 is 31.1 Å². The van der Waals surface area contributed by atoms with Crippen molar-refractivity contribution >= 4 is 28.9 Å². The molecule has 47 heavy (non-hydrogen) atoms. The number of phenolic OH excluding ortho intramolecular Hbond substituents is 1. The van der Waals surface area contributed by atoms with Crippen LogP contribution in [0.5, 0.6) is 5.75 Å². The number of fused-ring (bicyclic) bond motifs is 3. The molecule has 248 valence electrons. The molecule has 1 saturated carbocycles. The van der Waals surface area contributed by atoms with Crippen molar-refractivity contribution in [3.63, 3.8) is 0 Å². The van der Waals surface area contributed by atoms with E-state index in [1.54, 1.807) is 26.5 Å². The first-order valence-corrected chi connectivity index (χ1v) is 15.1. The normalized spacial score (nSPS) is 24.1. The molecule has 3 aliphatic rings. The number of rotatable bonds is 9. The lowest BCUT2D eigenvalue weighted by Gasteiger charge is -2.50. The van der Waals surface area contributed by atoms with Gasteiger partial charge in [-0.15, -0.1) is 0 Å². The third-order valence-electron chi connectivity index (χ3n) is 9.56. The van der Waals surface area contributed by atoms with Gasteiger partial charge in [0.2, 0.25) is 5.78 Å². The topological polar surface area (TPSA) is 225 Å². The fourth-order valence-electron chi connectivity index (χ4n) is 7.50. The van der Waals surface area contributed by atoms with Crippen LogP contribution in [0.25, 0.3) is 5.76 Å². The summed E-state index contributed by atoms with van der Waals surface area (Å²) in [5.74, 6) is -6.81. The van der Waals surface area contributed by atoms with E-state index < -0.39 is 58.0 Å². The molecule has 8 N–H and O–H groups in total. The number of hydrogen-bond donors (Lipinski definition) is 7. The van der Waals surface area contributed by atoms with Crippen molar-refractivity contribution in [1.82, 2.24) is 30.2 Å². The summed E-state index contributed by atoms with van der Waals surface area (Å²) in [6, 6.07) is 4.38. The van der Waals surface area contributed by atoms with Crippen molar-refractivity contribution in [3.8, 4) is 5.75 Å². The maximum atomic E-state index is 14.3. The first-order chi connectivity index (χ1) is 22.2. The SMILES string of the molecule is CN(C)c1cc(CN(Cc2ccn[nH]2)Cc2ccn[nH]2)c(O)c2c1CC1CC3C(N(C)C)C(=O)C(C(N)=O)=C(O)C3(O)C(=O)C1=C2O. The number of H-pyrrole nitrogens is 2. The monoisotopic (exact) mass is 646 g/mol. The number of amides is 1. The van der Waals surface area contributed by atoms with Crippen LogP contribution in [0.4, 0.5) is 5.69 Å². The van der Waals surface area contributed by atoms with Crippen molar-refractivity contribution in [2.75, 3.05) is 33.1 Å². The molecule has 15 heteroatoms. The lowest BCUT2D eigenvalue weighted by atomic mass is 9.57. The Morgan fingerprint density at radius 3 is 2.15 bits per heavy atom. The van der Waals surface area contributed by atoms with E-state index in [2.05, 4.69) is 20.4 Å². The number of aromatic amines is 2. The summed E-state index contributed by atoms with van der Waals surface area (Å²) < 4.78 is 0. The van der Waals surface area contributed by atoms with E-state index in [9.17, 15) is 34.8 Å². The number of nitrogens with two attached hydrogens (primary N) is 1. The van der Waals surface area contributed by atoms with Crippen LogP contribution in [0.1, 0.15) is 34.5 Å². The molecule has 4 atom stereocenters. The number of carbonyl (C=O) groups is 3. The Kier molecular flexibility index (Phi) is 7.94. The number of ketones is 2. The van der Waals surface area contributed by atoms with Crippen molar-refractivity contribution in [2.24, 2.45) is 17.6 Å². The Morgan fingerprint density at radius 2 is 1.64 bits per heavy atom. The molecule has 15 nitrogen and oxygen atoms in total. The van der Waals surface area contributed by atoms with Gasteiger partial charge in [0.1, 0.15) is 22.8 Å². The van der Waals surface area contributed by atoms with Crippen LogP contribution in [0, 0.1) is 11.8 Å². The highest BCUT2D eigenvalue weighted by Gasteiger charge is 2.64. The molecule has 0 saturated heterocycles. The Balaban J connectivity index is 1.48. The molecule has 0 bridgehead atoms. The largest absolute Gasteiger partial charge is 0.508 e. The Hall–Kier alpha value is -4.99. The minimum absolute atomic E-state index is 0.0171. The molecule has 0 radical (unpaired) electrons. The van der Waals surface area contributed by atoms with E-state index in [1.165, 1.54) is 4.90 Å². The molecule has 3 aliphatic carbocycles. The van der Waals surface area contributed by atoms with Gasteiger partial charge in [-0.05, 0) is 56.6 Å². The van der Waals surface area contributed by atoms with Gasteiger partial charge in [-0.1, -0.05) is 0 Å². The zero-order valence-corrected chi connectivity index (χ0v) is 26.5. The molecule has 6 rings (SSSR count). The van der Waals surface area contributed by atoms with E-state index in [0.29, 0.717) is 29.9 Å². The highest BCUT2D eigenvalue weighted by Crippen LogP contribution is 2.54. The highest BCUT2D eigenvalue weighted by molar-refractivity contribution is 6.24. The number of nitrogens with one attached hydrogen (secondary N) is 2. The second-order valence-electron chi connectivity index (χ2n) is 12.9. The van der Waals surface area contributed by atoms with E-state index >= 15 is 0 Å². The van der Waals surface area contributed by atoms with Gasteiger partial charge in [0.05, 0.1) is 11.6 Å². The molecule has 0 aliphatic heterocycles. The molecule has 0 spiro atoms. The van der Waals surface area contributed by atoms with Crippen molar-refractivity contribution in [1.29, 1.82) is 0 Å². The number of phenols is 1. The van der Waals surface area contributed by atoms with Crippen molar-refractivity contribution < 1.29 is 34.8 Å². The number of aromatic hydroxyl groups is 1. The van der Waals surface area contributed by atoms with Crippen molar-refractivity contribution in [2.45, 2.75) is 44.1 Å². The van der Waals surface area contributed by atoms with E-state index in [1.807, 2.05) is 42.1 Å². The Morgan fingerprint density at radius 1 is 1.02 bits per heavy atom. The summed E-state index contributed by atoms with van der Waals surface area (Å²) >= 11 is 0. The maximum absolute atomic E-state index is 14.3. The Bertz CT molecular complexity index is 1780. The van der Waals surface area contributed by atoms with Gasteiger partial charge in [-0.3, -0.25) is 34.4 Å². The van der Waals surface area contributed by atoms with E-state index in [0.717, 1.165) is 11.4 Å². The summed E-state index contributed by atoms with van der Waals surface area (Å²) in [4.78, 5) is 45.3. The summed E-state index contributed by atoms with van der Waals surface area (Å²) in [6.45, 7) is 1.10. The highest BCUT2D eigenvalue weighted by atomic mass is 16.3. The molecule has 2 aromatic heterocycles. The molecule has 1 fully saturated rings. The van der Waals surface area contributed by atoms with Crippen LogP contribution in [-0.2, 0) is 40.4 Å². The standard InChI is InChI=1S/C32H38N8O7/c1-38(2)21-11-16(12-40(13-17-5-7-34-36-17)14-18-6-8-35-37-18)26(41)23-19(21)9-15-10-20-25(39(3)4)28(43)24(31(33)46)30(45)32(20,47)29(44)22(15)27(23)42/h5-8,11,15,20,25,41-42,45,47H,9-10,12-14H2,1-4H3,(H2,33,46)(H,34,36)(H,35,37). The first-order valence-electron chi connectivity index (χ1n) is 15.1. The summed E-state index contributed by atoms with van der Waals surface area (Å²) in [5, 5.41) is 60.6. The summed E-state index contributed by atoms with van der Waals surface area (Å²) in [5.41, 5.74) is 5.17. The molecular weight excluding hydrogens is 608 g/mol. The maximum Gasteiger partial charge on any atom is 0.255 e. The van der Waals surface area contributed by atoms with Crippen LogP contribution in [0.3, 0.4) is 0 Å². The zero-order chi connectivity index (χ0) is 33.9. The van der Waals surface area contributed by atoms with Crippen LogP contribution in [-0.4, -0.2) is 108 Å². The predicted octanol–water partition coefficient (Wildman–Crippen LogP) is 0.679. The fourth-order valence-corrected chi connectivity index (χ4v) is 7.50. The average Bonchev–Trinajstić information content (AvgIpc) is 3.70. The van der Waals surface area contributed by atoms with Crippen LogP contribution >= 0.6 is 0 Å². The van der Waals surface area contributed by atoms with Gasteiger partial charge in [0, 0.05) is 80.3 Å². The lowest BCUT2D eigenvalue weighted by Crippen LogP contribution is -2.65. The van der Waals surface area contributed by atoms with Gasteiger partial charge >= 0.3 is 0 Å². The number of anilines is 1.